The predicted octanol–water partition coefficient (Wildman–Crippen LogP) is 4.15. The molecule has 6 heteroatoms. The van der Waals surface area contributed by atoms with Crippen molar-refractivity contribution in [3.63, 3.8) is 0 Å². The number of aromatic amines is 1. The first kappa shape index (κ1) is 13.9. The summed E-state index contributed by atoms with van der Waals surface area (Å²) in [4.78, 5) is 7.57. The number of halogens is 2. The van der Waals surface area contributed by atoms with Crippen molar-refractivity contribution in [2.45, 2.75) is 0 Å². The third-order valence-electron chi connectivity index (χ3n) is 3.18. The molecule has 0 atom stereocenters. The Kier molecular flexibility index (Phi) is 3.55. The average Bonchev–Trinajstić information content (AvgIpc) is 2.89. The van der Waals surface area contributed by atoms with Gasteiger partial charge in [0.1, 0.15) is 11.6 Å². The Labute approximate surface area is 129 Å². The van der Waals surface area contributed by atoms with Crippen molar-refractivity contribution in [1.29, 1.82) is 0 Å². The second-order valence-corrected chi connectivity index (χ2v) is 5.29. The van der Waals surface area contributed by atoms with Gasteiger partial charge in [0.2, 0.25) is 0 Å². The molecule has 2 aromatic carbocycles. The summed E-state index contributed by atoms with van der Waals surface area (Å²) in [7, 11) is 3.16. The minimum atomic E-state index is -0.329. The quantitative estimate of drug-likeness (QED) is 0.771. The van der Waals surface area contributed by atoms with Crippen molar-refractivity contribution in [3.8, 4) is 22.9 Å². The fourth-order valence-electron chi connectivity index (χ4n) is 2.13. The van der Waals surface area contributed by atoms with Gasteiger partial charge < -0.3 is 14.5 Å². The number of hydrogen-bond donors (Lipinski definition) is 1. The molecule has 21 heavy (non-hydrogen) atoms. The molecule has 1 N–H and O–H groups in total. The Morgan fingerprint density at radius 3 is 2.57 bits per heavy atom. The minimum Gasteiger partial charge on any atom is -0.493 e. The lowest BCUT2D eigenvalue weighted by Gasteiger charge is -2.08. The number of rotatable bonds is 3. The number of ether oxygens (including phenoxy) is 2. The van der Waals surface area contributed by atoms with E-state index >= 15 is 0 Å². The summed E-state index contributed by atoms with van der Waals surface area (Å²) >= 11 is 3.16. The lowest BCUT2D eigenvalue weighted by Crippen LogP contribution is -1.91. The molecular weight excluding hydrogens is 339 g/mol. The maximum Gasteiger partial charge on any atom is 0.161 e. The first-order valence-corrected chi connectivity index (χ1v) is 6.99. The van der Waals surface area contributed by atoms with Crippen molar-refractivity contribution in [2.24, 2.45) is 0 Å². The Bertz CT molecular complexity index is 778. The molecule has 0 aliphatic carbocycles. The van der Waals surface area contributed by atoms with Gasteiger partial charge in [-0.15, -0.1) is 0 Å². The van der Waals surface area contributed by atoms with Gasteiger partial charge in [-0.05, 0) is 40.2 Å². The van der Waals surface area contributed by atoms with Crippen LogP contribution in [-0.4, -0.2) is 24.2 Å². The number of H-pyrrole nitrogens is 1. The molecule has 0 aliphatic heterocycles. The maximum atomic E-state index is 13.5. The van der Waals surface area contributed by atoms with Gasteiger partial charge in [-0.2, -0.15) is 0 Å². The van der Waals surface area contributed by atoms with Gasteiger partial charge in [0.25, 0.3) is 0 Å². The molecule has 0 amide bonds. The summed E-state index contributed by atoms with van der Waals surface area (Å²) in [5.41, 5.74) is 2.16. The lowest BCUT2D eigenvalue weighted by atomic mass is 10.2. The number of imidazole rings is 1. The third kappa shape index (κ3) is 2.47. The zero-order chi connectivity index (χ0) is 15.0. The second kappa shape index (κ2) is 5.37. The number of nitrogens with zero attached hydrogens (tertiary/aromatic N) is 1. The Morgan fingerprint density at radius 1 is 1.10 bits per heavy atom. The maximum absolute atomic E-state index is 13.5. The fourth-order valence-corrected chi connectivity index (χ4v) is 2.46. The molecule has 0 fully saturated rings. The summed E-state index contributed by atoms with van der Waals surface area (Å²) in [5, 5.41) is 0. The molecule has 0 bridgehead atoms. The molecule has 0 radical (unpaired) electrons. The van der Waals surface area contributed by atoms with E-state index in [9.17, 15) is 4.39 Å². The van der Waals surface area contributed by atoms with Gasteiger partial charge in [0, 0.05) is 11.6 Å². The van der Waals surface area contributed by atoms with E-state index < -0.39 is 0 Å². The number of hydrogen-bond acceptors (Lipinski definition) is 3. The third-order valence-corrected chi connectivity index (χ3v) is 3.79. The molecule has 0 unspecified atom stereocenters. The molecule has 1 heterocycles. The van der Waals surface area contributed by atoms with Crippen LogP contribution in [0, 0.1) is 5.82 Å². The zero-order valence-corrected chi connectivity index (χ0v) is 13.0. The van der Waals surface area contributed by atoms with Crippen molar-refractivity contribution in [1.82, 2.24) is 9.97 Å². The molecule has 3 aromatic rings. The van der Waals surface area contributed by atoms with E-state index in [1.807, 2.05) is 12.1 Å². The van der Waals surface area contributed by atoms with Crippen LogP contribution >= 0.6 is 15.9 Å². The first-order chi connectivity index (χ1) is 10.1. The number of fused-ring (bicyclic) bond motifs is 1. The Hall–Kier alpha value is -2.08. The molecule has 4 nitrogen and oxygen atoms in total. The number of benzene rings is 2. The van der Waals surface area contributed by atoms with Gasteiger partial charge in [0.15, 0.2) is 11.5 Å². The van der Waals surface area contributed by atoms with Gasteiger partial charge in [-0.1, -0.05) is 0 Å². The van der Waals surface area contributed by atoms with E-state index in [2.05, 4.69) is 25.9 Å². The van der Waals surface area contributed by atoms with Gasteiger partial charge in [0.05, 0.1) is 29.7 Å². The van der Waals surface area contributed by atoms with Crippen LogP contribution in [0.3, 0.4) is 0 Å². The van der Waals surface area contributed by atoms with E-state index in [0.717, 1.165) is 5.56 Å². The van der Waals surface area contributed by atoms with Gasteiger partial charge in [-0.25, -0.2) is 9.37 Å². The predicted molar refractivity (Wildman–Crippen MR) is 82.3 cm³/mol. The minimum absolute atomic E-state index is 0.329. The highest BCUT2D eigenvalue weighted by Gasteiger charge is 2.11. The molecule has 1 aromatic heterocycles. The summed E-state index contributed by atoms with van der Waals surface area (Å²) in [6.07, 6.45) is 0. The van der Waals surface area contributed by atoms with E-state index in [1.165, 1.54) is 6.07 Å². The van der Waals surface area contributed by atoms with E-state index in [0.29, 0.717) is 32.8 Å². The molecular formula is C15H12BrFN2O2. The fraction of sp³-hybridized carbons (Fsp3) is 0.133. The molecule has 0 saturated heterocycles. The SMILES string of the molecule is COc1ccc(-c2nc3cc(Br)c(F)cc3[nH]2)cc1OC. The van der Waals surface area contributed by atoms with Gasteiger partial charge >= 0.3 is 0 Å². The highest BCUT2D eigenvalue weighted by molar-refractivity contribution is 9.10. The van der Waals surface area contributed by atoms with Crippen LogP contribution in [0.15, 0.2) is 34.8 Å². The smallest absolute Gasteiger partial charge is 0.161 e. The number of methoxy groups -OCH3 is 2. The van der Waals surface area contributed by atoms with Crippen LogP contribution in [0.2, 0.25) is 0 Å². The summed E-state index contributed by atoms with van der Waals surface area (Å²) in [6.45, 7) is 0. The van der Waals surface area contributed by atoms with Crippen LogP contribution < -0.4 is 9.47 Å². The van der Waals surface area contributed by atoms with Crippen LogP contribution in [0.4, 0.5) is 4.39 Å². The van der Waals surface area contributed by atoms with Crippen molar-refractivity contribution >= 4 is 27.0 Å². The standard InChI is InChI=1S/C15H12BrFN2O2/c1-20-13-4-3-8(5-14(13)21-2)15-18-11-6-9(16)10(17)7-12(11)19-15/h3-7H,1-2H3,(H,18,19). The topological polar surface area (TPSA) is 47.1 Å². The first-order valence-electron chi connectivity index (χ1n) is 6.19. The Balaban J connectivity index is 2.12. The monoisotopic (exact) mass is 350 g/mol. The highest BCUT2D eigenvalue weighted by Crippen LogP contribution is 2.32. The molecule has 0 saturated carbocycles. The van der Waals surface area contributed by atoms with E-state index in [-0.39, 0.29) is 5.82 Å². The normalized spacial score (nSPS) is 10.9. The van der Waals surface area contributed by atoms with E-state index in [1.54, 1.807) is 26.4 Å². The number of nitrogens with one attached hydrogen (secondary N) is 1. The van der Waals surface area contributed by atoms with E-state index in [4.69, 9.17) is 9.47 Å². The largest absolute Gasteiger partial charge is 0.493 e. The van der Waals surface area contributed by atoms with Gasteiger partial charge in [-0.3, -0.25) is 0 Å². The summed E-state index contributed by atoms with van der Waals surface area (Å²) in [6, 6.07) is 8.55. The average molecular weight is 351 g/mol. The highest BCUT2D eigenvalue weighted by atomic mass is 79.9. The van der Waals surface area contributed by atoms with Crippen molar-refractivity contribution in [2.75, 3.05) is 14.2 Å². The second-order valence-electron chi connectivity index (χ2n) is 4.44. The lowest BCUT2D eigenvalue weighted by molar-refractivity contribution is 0.355. The molecule has 0 spiro atoms. The number of aromatic nitrogens is 2. The van der Waals surface area contributed by atoms with Crippen LogP contribution in [0.1, 0.15) is 0 Å². The zero-order valence-electron chi connectivity index (χ0n) is 11.4. The van der Waals surface area contributed by atoms with Crippen LogP contribution in [-0.2, 0) is 0 Å². The molecule has 3 rings (SSSR count). The Morgan fingerprint density at radius 2 is 1.86 bits per heavy atom. The van der Waals surface area contributed by atoms with Crippen molar-refractivity contribution in [3.05, 3.63) is 40.6 Å². The summed E-state index contributed by atoms with van der Waals surface area (Å²) in [5.74, 6) is 1.57. The molecule has 0 aliphatic rings. The summed E-state index contributed by atoms with van der Waals surface area (Å²) < 4.78 is 24.4. The van der Waals surface area contributed by atoms with Crippen molar-refractivity contribution < 1.29 is 13.9 Å². The van der Waals surface area contributed by atoms with Crippen LogP contribution in [0.25, 0.3) is 22.4 Å². The molecule has 108 valence electrons. The van der Waals surface area contributed by atoms with Crippen LogP contribution in [0.5, 0.6) is 11.5 Å².